The maximum atomic E-state index is 12.5. The topological polar surface area (TPSA) is 149 Å². The van der Waals surface area contributed by atoms with Crippen LogP contribution in [-0.2, 0) is 32.2 Å². The van der Waals surface area contributed by atoms with Gasteiger partial charge in [-0.3, -0.25) is 15.4 Å². The molecule has 4 amide bonds. The Hall–Kier alpha value is -6.14. The lowest BCUT2D eigenvalue weighted by molar-refractivity contribution is -0.698. The predicted octanol–water partition coefficient (Wildman–Crippen LogP) is 6.14. The van der Waals surface area contributed by atoms with Crippen molar-refractivity contribution in [2.24, 2.45) is 4.99 Å². The lowest BCUT2D eigenvalue weighted by Crippen LogP contribution is -2.81. The van der Waals surface area contributed by atoms with Crippen LogP contribution >= 0.6 is 0 Å². The van der Waals surface area contributed by atoms with Crippen LogP contribution in [0.1, 0.15) is 59.1 Å². The summed E-state index contributed by atoms with van der Waals surface area (Å²) in [6, 6.07) is 21.5. The normalized spacial score (nSPS) is 11.7. The Bertz CT molecular complexity index is 1980. The molecule has 4 rings (SSSR count). The van der Waals surface area contributed by atoms with Crippen LogP contribution in [0.25, 0.3) is 12.2 Å². The summed E-state index contributed by atoms with van der Waals surface area (Å²) in [5.41, 5.74) is 2.44. The van der Waals surface area contributed by atoms with Crippen LogP contribution in [0.5, 0.6) is 0 Å². The lowest BCUT2D eigenvalue weighted by Gasteiger charge is -2.19. The number of anilines is 2. The van der Waals surface area contributed by atoms with Gasteiger partial charge in [0.15, 0.2) is 12.4 Å². The number of carbonyl (C=O) groups excluding carboxylic acids is 4. The molecule has 2 heterocycles. The molecule has 12 nitrogen and oxygen atoms in total. The lowest BCUT2D eigenvalue weighted by atomic mass is 10.2. The van der Waals surface area contributed by atoms with Gasteiger partial charge in [0.2, 0.25) is 0 Å². The van der Waals surface area contributed by atoms with Crippen molar-refractivity contribution < 1.29 is 38.5 Å². The van der Waals surface area contributed by atoms with E-state index < -0.39 is 23.4 Å². The Morgan fingerprint density at radius 1 is 0.717 bits per heavy atom. The molecular formula is C41H48N6O6+2. The highest BCUT2D eigenvalue weighted by Gasteiger charge is 2.17. The first-order valence-electron chi connectivity index (χ1n) is 17.3. The van der Waals surface area contributed by atoms with E-state index in [4.69, 9.17) is 9.47 Å². The van der Waals surface area contributed by atoms with E-state index in [1.54, 1.807) is 108 Å². The van der Waals surface area contributed by atoms with Crippen LogP contribution < -0.4 is 25.9 Å². The molecule has 0 saturated heterocycles. The van der Waals surface area contributed by atoms with Gasteiger partial charge in [0, 0.05) is 48.9 Å². The molecule has 0 fully saturated rings. The summed E-state index contributed by atoms with van der Waals surface area (Å²) in [7, 11) is 0. The molecule has 4 aromatic rings. The average molecular weight is 721 g/mol. The summed E-state index contributed by atoms with van der Waals surface area (Å²) in [6.07, 6.45) is 13.8. The van der Waals surface area contributed by atoms with Crippen molar-refractivity contribution >= 4 is 53.2 Å². The summed E-state index contributed by atoms with van der Waals surface area (Å²) >= 11 is 0. The van der Waals surface area contributed by atoms with E-state index in [9.17, 15) is 19.2 Å². The van der Waals surface area contributed by atoms with Crippen molar-refractivity contribution in [2.45, 2.75) is 72.3 Å². The number of ether oxygens (including phenoxy) is 2. The number of rotatable bonds is 11. The van der Waals surface area contributed by atoms with Gasteiger partial charge in [-0.25, -0.2) is 29.3 Å². The maximum absolute atomic E-state index is 12.5. The molecule has 0 bridgehead atoms. The summed E-state index contributed by atoms with van der Waals surface area (Å²) in [5, 5.41) is 7.50. The highest BCUT2D eigenvalue weighted by Crippen LogP contribution is 2.15. The molecule has 0 spiro atoms. The molecule has 53 heavy (non-hydrogen) atoms. The van der Waals surface area contributed by atoms with E-state index in [2.05, 4.69) is 20.2 Å². The highest BCUT2D eigenvalue weighted by molar-refractivity contribution is 5.92. The Balaban J connectivity index is 1.17. The Kier molecular flexibility index (Phi) is 13.7. The van der Waals surface area contributed by atoms with E-state index in [0.29, 0.717) is 16.7 Å². The minimum atomic E-state index is -0.585. The number of hydrogen-bond acceptors (Lipinski definition) is 6. The monoisotopic (exact) mass is 720 g/mol. The fourth-order valence-electron chi connectivity index (χ4n) is 4.74. The van der Waals surface area contributed by atoms with Gasteiger partial charge in [0.25, 0.3) is 5.91 Å². The molecule has 0 atom stereocenters. The third-order valence-electron chi connectivity index (χ3n) is 7.14. The van der Waals surface area contributed by atoms with E-state index in [1.807, 2.05) is 53.6 Å². The second-order valence-corrected chi connectivity index (χ2v) is 14.2. The van der Waals surface area contributed by atoms with Crippen LogP contribution in [-0.4, -0.2) is 39.8 Å². The zero-order chi connectivity index (χ0) is 38.4. The molecule has 0 radical (unpaired) electrons. The third kappa shape index (κ3) is 15.3. The van der Waals surface area contributed by atoms with E-state index >= 15 is 0 Å². The average Bonchev–Trinajstić information content (AvgIpc) is 3.07. The molecule has 12 heteroatoms. The number of amides is 4. The van der Waals surface area contributed by atoms with Crippen LogP contribution in [0.4, 0.5) is 26.7 Å². The van der Waals surface area contributed by atoms with Gasteiger partial charge in [-0.1, -0.05) is 24.3 Å². The first kappa shape index (κ1) is 39.6. The Morgan fingerprint density at radius 2 is 1.21 bits per heavy atom. The molecule has 0 unspecified atom stereocenters. The van der Waals surface area contributed by atoms with Crippen LogP contribution in [0.3, 0.4) is 0 Å². The first-order valence-corrected chi connectivity index (χ1v) is 17.3. The van der Waals surface area contributed by atoms with Crippen molar-refractivity contribution in [3.8, 4) is 0 Å². The van der Waals surface area contributed by atoms with Gasteiger partial charge in [-0.05, 0) is 101 Å². The predicted molar refractivity (Wildman–Crippen MR) is 204 cm³/mol. The number of hydrogen-bond donors (Lipinski definition) is 3. The number of nitrogens with one attached hydrogen (secondary N) is 2. The number of nitrogens with zero attached hydrogens (tertiary/aromatic N) is 3. The zero-order valence-corrected chi connectivity index (χ0v) is 31.0. The second kappa shape index (κ2) is 18.4. The minimum absolute atomic E-state index is 0.135. The van der Waals surface area contributed by atoms with E-state index in [0.717, 1.165) is 36.3 Å². The molecule has 2 aromatic carbocycles. The van der Waals surface area contributed by atoms with Crippen molar-refractivity contribution in [3.63, 3.8) is 0 Å². The molecular weight excluding hydrogens is 672 g/mol. The SMILES string of the molecule is CC(C)(C)OC(=O)Nc1ccc(C=CC(=O)N=c2ccn(CCC[n+]3ccc([NH2+]C(=O)C=Cc4ccc(NC(=O)OC(C)(C)C)cc4)cc3)cc2)cc1. The van der Waals surface area contributed by atoms with Gasteiger partial charge < -0.3 is 14.0 Å². The standard InChI is InChI=1S/C41H46N6O6/c1-40(2,3)52-38(50)44-32-14-8-30(9-15-32)12-18-36(48)42-34-20-26-46(27-21-34)24-7-25-47-28-22-35(23-29-47)43-37(49)19-13-31-10-16-33(17-11-31)45-39(51)53-41(4,5)6/h8-23,26-29H,7,24-25H2,1-6H3,(H2,44,45,48,49,50,51)/p+2. The summed E-state index contributed by atoms with van der Waals surface area (Å²) in [5.74, 6) is -0.516. The van der Waals surface area contributed by atoms with Gasteiger partial charge in [-0.2, -0.15) is 0 Å². The van der Waals surface area contributed by atoms with Gasteiger partial charge >= 0.3 is 18.1 Å². The minimum Gasteiger partial charge on any atom is -0.444 e. The smallest absolute Gasteiger partial charge is 0.412 e. The van der Waals surface area contributed by atoms with Gasteiger partial charge in [0.05, 0.1) is 17.5 Å². The Morgan fingerprint density at radius 3 is 1.70 bits per heavy atom. The Labute approximate surface area is 309 Å². The van der Waals surface area contributed by atoms with Crippen molar-refractivity contribution in [1.82, 2.24) is 4.57 Å². The fourth-order valence-corrected chi connectivity index (χ4v) is 4.74. The number of aromatic nitrogens is 2. The maximum Gasteiger partial charge on any atom is 0.412 e. The van der Waals surface area contributed by atoms with E-state index in [1.165, 1.54) is 12.2 Å². The highest BCUT2D eigenvalue weighted by atomic mass is 16.6. The zero-order valence-electron chi connectivity index (χ0n) is 31.0. The molecule has 0 aliphatic heterocycles. The molecule has 4 N–H and O–H groups in total. The summed E-state index contributed by atoms with van der Waals surface area (Å²) in [6.45, 7) is 12.4. The number of benzene rings is 2. The molecule has 276 valence electrons. The van der Waals surface area contributed by atoms with Crippen molar-refractivity contribution in [2.75, 3.05) is 10.6 Å². The number of primary amides is 1. The third-order valence-corrected chi connectivity index (χ3v) is 7.14. The van der Waals surface area contributed by atoms with Crippen LogP contribution in [0.15, 0.2) is 115 Å². The first-order chi connectivity index (χ1) is 25.1. The molecule has 0 aliphatic carbocycles. The number of quaternary nitrogens is 1. The fraction of sp³-hybridized carbons (Fsp3) is 0.268. The molecule has 2 aromatic heterocycles. The second-order valence-electron chi connectivity index (χ2n) is 14.2. The van der Waals surface area contributed by atoms with Crippen LogP contribution in [0.2, 0.25) is 0 Å². The number of nitrogens with two attached hydrogens (primary N) is 1. The van der Waals surface area contributed by atoms with Gasteiger partial charge in [-0.15, -0.1) is 0 Å². The number of pyridine rings is 2. The van der Waals surface area contributed by atoms with Crippen molar-refractivity contribution in [3.05, 3.63) is 126 Å². The van der Waals surface area contributed by atoms with Crippen molar-refractivity contribution in [1.29, 1.82) is 0 Å². The van der Waals surface area contributed by atoms with Crippen LogP contribution in [0, 0.1) is 0 Å². The van der Waals surface area contributed by atoms with Gasteiger partial charge in [0.1, 0.15) is 23.4 Å². The largest absolute Gasteiger partial charge is 0.444 e. The van der Waals surface area contributed by atoms with E-state index in [-0.39, 0.29) is 11.8 Å². The quantitative estimate of drug-likeness (QED) is 0.125. The molecule has 0 aliphatic rings. The molecule has 0 saturated carbocycles. The number of carbonyl (C=O) groups is 4. The summed E-state index contributed by atoms with van der Waals surface area (Å²) in [4.78, 5) is 52.9. The number of aryl methyl sites for hydroxylation is 2. The summed E-state index contributed by atoms with van der Waals surface area (Å²) < 4.78 is 14.6.